The van der Waals surface area contributed by atoms with Crippen LogP contribution in [0.3, 0.4) is 0 Å². The number of phosphoric acid groups is 1. The monoisotopic (exact) mass is 294 g/mol. The molecule has 18 heavy (non-hydrogen) atoms. The highest BCUT2D eigenvalue weighted by molar-refractivity contribution is 7.48. The minimum absolute atomic E-state index is 0.194. The highest BCUT2D eigenvalue weighted by Crippen LogP contribution is 2.49. The van der Waals surface area contributed by atoms with Gasteiger partial charge in [-0.05, 0) is 19.0 Å². The second-order valence-corrected chi connectivity index (χ2v) is 4.12. The predicted molar refractivity (Wildman–Crippen MR) is 52.4 cm³/mol. The number of rotatable bonds is 8. The SMILES string of the molecule is CCOP(=O)(OCC)O/N=C(\F)C(F)(F)[N+](=O)[O-]. The van der Waals surface area contributed by atoms with Crippen molar-refractivity contribution in [2.24, 2.45) is 5.16 Å². The molecule has 0 aliphatic rings. The van der Waals surface area contributed by atoms with Crippen molar-refractivity contribution >= 4 is 13.8 Å². The van der Waals surface area contributed by atoms with E-state index in [1.54, 1.807) is 0 Å². The average molecular weight is 294 g/mol. The van der Waals surface area contributed by atoms with Crippen LogP contribution in [0.4, 0.5) is 13.2 Å². The smallest absolute Gasteiger partial charge is 0.289 e. The molecule has 0 rings (SSSR count). The Hall–Kier alpha value is -1.19. The van der Waals surface area contributed by atoms with Gasteiger partial charge in [0.15, 0.2) is 0 Å². The highest BCUT2D eigenvalue weighted by atomic mass is 31.2. The Labute approximate surface area is 99.5 Å². The molecule has 0 fully saturated rings. The Morgan fingerprint density at radius 2 is 1.83 bits per heavy atom. The van der Waals surface area contributed by atoms with E-state index in [4.69, 9.17) is 0 Å². The zero-order chi connectivity index (χ0) is 14.4. The molecule has 8 nitrogen and oxygen atoms in total. The Bertz CT molecular complexity index is 366. The van der Waals surface area contributed by atoms with Gasteiger partial charge in [0.25, 0.3) is 0 Å². The van der Waals surface area contributed by atoms with Crippen LogP contribution >= 0.6 is 7.82 Å². The van der Waals surface area contributed by atoms with E-state index in [2.05, 4.69) is 18.8 Å². The standard InChI is InChI=1S/C6H10F3N2O6P/c1-3-15-18(14,16-4-2)17-10-5(7)6(8,9)11(12)13/h3-4H2,1-2H3/b10-5-. The molecule has 0 unspecified atom stereocenters. The van der Waals surface area contributed by atoms with Crippen LogP contribution in [-0.2, 0) is 18.2 Å². The molecular formula is C6H10F3N2O6P. The van der Waals surface area contributed by atoms with Gasteiger partial charge in [0.05, 0.1) is 13.2 Å². The van der Waals surface area contributed by atoms with E-state index in [1.165, 1.54) is 13.8 Å². The molecule has 0 aromatic carbocycles. The Morgan fingerprint density at radius 3 is 2.17 bits per heavy atom. The maximum Gasteiger partial charge on any atom is 0.587 e. The lowest BCUT2D eigenvalue weighted by Crippen LogP contribution is -2.34. The van der Waals surface area contributed by atoms with E-state index in [1.807, 2.05) is 0 Å². The first kappa shape index (κ1) is 16.8. The summed E-state index contributed by atoms with van der Waals surface area (Å²) in [5.41, 5.74) is 0. The van der Waals surface area contributed by atoms with Gasteiger partial charge in [0, 0.05) is 0 Å². The van der Waals surface area contributed by atoms with Crippen molar-refractivity contribution < 1.29 is 36.3 Å². The number of alkyl halides is 2. The van der Waals surface area contributed by atoms with Crippen molar-refractivity contribution in [3.63, 3.8) is 0 Å². The van der Waals surface area contributed by atoms with Crippen LogP contribution < -0.4 is 0 Å². The number of halogens is 3. The lowest BCUT2D eigenvalue weighted by Gasteiger charge is -2.12. The molecule has 0 saturated heterocycles. The molecule has 0 aromatic rings. The maximum absolute atomic E-state index is 12.6. The summed E-state index contributed by atoms with van der Waals surface area (Å²) in [6, 6.07) is -5.08. The molecule has 0 aliphatic carbocycles. The van der Waals surface area contributed by atoms with E-state index < -0.39 is 24.8 Å². The zero-order valence-electron chi connectivity index (χ0n) is 9.34. The topological polar surface area (TPSA) is 100 Å². The van der Waals surface area contributed by atoms with Crippen molar-refractivity contribution in [3.05, 3.63) is 10.1 Å². The van der Waals surface area contributed by atoms with Gasteiger partial charge in [-0.25, -0.2) is 4.57 Å². The van der Waals surface area contributed by atoms with Crippen LogP contribution in [0.1, 0.15) is 13.8 Å². The molecule has 0 atom stereocenters. The summed E-state index contributed by atoms with van der Waals surface area (Å²) in [5, 5.41) is 11.9. The van der Waals surface area contributed by atoms with Crippen LogP contribution in [0, 0.1) is 10.1 Å². The largest absolute Gasteiger partial charge is 0.587 e. The maximum atomic E-state index is 12.6. The molecule has 0 aliphatic heterocycles. The van der Waals surface area contributed by atoms with Gasteiger partial charge in [-0.15, -0.1) is 8.78 Å². The van der Waals surface area contributed by atoms with Crippen LogP contribution in [0.2, 0.25) is 0 Å². The van der Waals surface area contributed by atoms with Crippen LogP contribution in [0.15, 0.2) is 5.16 Å². The lowest BCUT2D eigenvalue weighted by atomic mass is 10.6. The summed E-state index contributed by atoms with van der Waals surface area (Å²) in [6.45, 7) is 2.36. The quantitative estimate of drug-likeness (QED) is 0.224. The Morgan fingerprint density at radius 1 is 1.39 bits per heavy atom. The molecule has 0 aromatic heterocycles. The van der Waals surface area contributed by atoms with Crippen molar-refractivity contribution in [2.45, 2.75) is 19.9 Å². The molecule has 0 N–H and O–H groups in total. The third kappa shape index (κ3) is 4.59. The summed E-state index contributed by atoms with van der Waals surface area (Å²) < 4.78 is 61.6. The first-order chi connectivity index (χ1) is 8.19. The van der Waals surface area contributed by atoms with Crippen LogP contribution in [0.25, 0.3) is 0 Å². The Kier molecular flexibility index (Phi) is 6.22. The molecule has 12 heteroatoms. The third-order valence-electron chi connectivity index (χ3n) is 1.27. The number of nitro groups is 1. The Balaban J connectivity index is 4.88. The molecule has 0 radical (unpaired) electrons. The fourth-order valence-corrected chi connectivity index (χ4v) is 1.59. The molecular weight excluding hydrogens is 284 g/mol. The number of oxime groups is 1. The van der Waals surface area contributed by atoms with Gasteiger partial charge in [-0.1, -0.05) is 0 Å². The molecule has 0 spiro atoms. The average Bonchev–Trinajstić information content (AvgIpc) is 2.26. The normalized spacial score (nSPS) is 13.5. The van der Waals surface area contributed by atoms with E-state index in [9.17, 15) is 27.9 Å². The third-order valence-corrected chi connectivity index (χ3v) is 2.70. The summed E-state index contributed by atoms with van der Waals surface area (Å²) in [5.74, 6) is -2.77. The predicted octanol–water partition coefficient (Wildman–Crippen LogP) is 2.34. The van der Waals surface area contributed by atoms with Crippen molar-refractivity contribution in [2.75, 3.05) is 13.2 Å². The van der Waals surface area contributed by atoms with Gasteiger partial charge < -0.3 is 0 Å². The van der Waals surface area contributed by atoms with E-state index in [0.29, 0.717) is 0 Å². The lowest BCUT2D eigenvalue weighted by molar-refractivity contribution is -0.618. The van der Waals surface area contributed by atoms with E-state index in [-0.39, 0.29) is 13.2 Å². The summed E-state index contributed by atoms with van der Waals surface area (Å²) in [6.07, 6.45) is 0. The van der Waals surface area contributed by atoms with Gasteiger partial charge >= 0.3 is 19.8 Å². The minimum atomic E-state index is -5.08. The molecule has 0 heterocycles. The fourth-order valence-electron chi connectivity index (χ4n) is 0.617. The summed E-state index contributed by atoms with van der Waals surface area (Å²) >= 11 is 0. The number of nitrogens with zero attached hydrogens (tertiary/aromatic N) is 2. The van der Waals surface area contributed by atoms with Gasteiger partial charge in [-0.2, -0.15) is 4.39 Å². The number of phosphoric ester groups is 1. The van der Waals surface area contributed by atoms with Crippen molar-refractivity contribution in [1.29, 1.82) is 0 Å². The first-order valence-corrected chi connectivity index (χ1v) is 5.99. The molecule has 0 amide bonds. The van der Waals surface area contributed by atoms with E-state index in [0.717, 1.165) is 0 Å². The fraction of sp³-hybridized carbons (Fsp3) is 0.833. The van der Waals surface area contributed by atoms with Crippen LogP contribution in [0.5, 0.6) is 0 Å². The second kappa shape index (κ2) is 6.66. The zero-order valence-corrected chi connectivity index (χ0v) is 10.2. The number of hydrogen-bond acceptors (Lipinski definition) is 7. The first-order valence-electron chi connectivity index (χ1n) is 4.53. The van der Waals surface area contributed by atoms with E-state index >= 15 is 0 Å². The van der Waals surface area contributed by atoms with Crippen LogP contribution in [-0.4, -0.2) is 30.1 Å². The van der Waals surface area contributed by atoms with Gasteiger partial charge in [0.2, 0.25) is 0 Å². The second-order valence-electron chi connectivity index (χ2n) is 2.54. The number of hydrogen-bond donors (Lipinski definition) is 0. The summed E-state index contributed by atoms with van der Waals surface area (Å²) in [7, 11) is -4.36. The minimum Gasteiger partial charge on any atom is -0.289 e. The van der Waals surface area contributed by atoms with Gasteiger partial charge in [0.1, 0.15) is 4.92 Å². The molecule has 0 saturated carbocycles. The molecule has 0 bridgehead atoms. The summed E-state index contributed by atoms with van der Waals surface area (Å²) in [4.78, 5) is 7.57. The van der Waals surface area contributed by atoms with Crippen molar-refractivity contribution in [3.8, 4) is 0 Å². The molecule has 106 valence electrons. The van der Waals surface area contributed by atoms with Gasteiger partial charge in [-0.3, -0.25) is 23.8 Å². The van der Waals surface area contributed by atoms with Crippen molar-refractivity contribution in [1.82, 2.24) is 0 Å². The highest BCUT2D eigenvalue weighted by Gasteiger charge is 2.53.